The Labute approximate surface area is 130 Å². The number of rotatable bonds is 5. The van der Waals surface area contributed by atoms with Crippen LogP contribution in [0.3, 0.4) is 0 Å². The van der Waals surface area contributed by atoms with E-state index in [1.54, 1.807) is 12.1 Å². The maximum Gasteiger partial charge on any atom is 0.170 e. The Hall–Kier alpha value is -1.30. The summed E-state index contributed by atoms with van der Waals surface area (Å²) in [5, 5.41) is 0. The molecular weight excluding hydrogens is 285 g/mol. The quantitative estimate of drug-likeness (QED) is 0.784. The summed E-state index contributed by atoms with van der Waals surface area (Å²) in [5.41, 5.74) is 0.590. The second-order valence-electron chi connectivity index (χ2n) is 5.98. The van der Waals surface area contributed by atoms with Crippen LogP contribution in [0, 0.1) is 5.82 Å². The molecule has 0 bridgehead atoms. The average molecular weight is 307 g/mol. The molecule has 0 aromatic heterocycles. The van der Waals surface area contributed by atoms with Crippen molar-refractivity contribution < 1.29 is 18.7 Å². The number of carbonyl (C=O) groups is 1. The van der Waals surface area contributed by atoms with Gasteiger partial charge in [-0.2, -0.15) is 0 Å². The van der Waals surface area contributed by atoms with Gasteiger partial charge in [0, 0.05) is 37.9 Å². The number of halogens is 1. The van der Waals surface area contributed by atoms with E-state index in [2.05, 4.69) is 4.90 Å². The molecule has 3 rings (SSSR count). The summed E-state index contributed by atoms with van der Waals surface area (Å²) in [6.45, 7) is 4.21. The fourth-order valence-corrected chi connectivity index (χ4v) is 3.15. The number of ether oxygens (including phenoxy) is 2. The maximum atomic E-state index is 12.8. The van der Waals surface area contributed by atoms with Crippen molar-refractivity contribution in [1.82, 2.24) is 4.90 Å². The van der Waals surface area contributed by atoms with E-state index in [1.165, 1.54) is 12.1 Å². The van der Waals surface area contributed by atoms with Crippen molar-refractivity contribution in [2.24, 2.45) is 0 Å². The Balaban J connectivity index is 1.38. The SMILES string of the molecule is O=C(CCCN1CCC2(CC1)OCCO2)c1ccc(F)cc1. The van der Waals surface area contributed by atoms with Gasteiger partial charge in [-0.05, 0) is 37.2 Å². The van der Waals surface area contributed by atoms with Crippen LogP contribution in [0.2, 0.25) is 0 Å². The van der Waals surface area contributed by atoms with E-state index in [1.807, 2.05) is 0 Å². The van der Waals surface area contributed by atoms with Gasteiger partial charge in [-0.3, -0.25) is 4.79 Å². The predicted octanol–water partition coefficient (Wildman–Crippen LogP) is 2.63. The number of piperidine rings is 1. The summed E-state index contributed by atoms with van der Waals surface area (Å²) in [6, 6.07) is 5.77. The van der Waals surface area contributed by atoms with Gasteiger partial charge in [-0.1, -0.05) is 0 Å². The molecule has 120 valence electrons. The lowest BCUT2D eigenvalue weighted by molar-refractivity contribution is -0.185. The number of ketones is 1. The van der Waals surface area contributed by atoms with Crippen LogP contribution < -0.4 is 0 Å². The van der Waals surface area contributed by atoms with Crippen molar-refractivity contribution >= 4 is 5.78 Å². The summed E-state index contributed by atoms with van der Waals surface area (Å²) >= 11 is 0. The van der Waals surface area contributed by atoms with Crippen molar-refractivity contribution in [3.8, 4) is 0 Å². The van der Waals surface area contributed by atoms with Crippen LogP contribution in [0.25, 0.3) is 0 Å². The molecule has 1 spiro atoms. The number of benzene rings is 1. The highest BCUT2D eigenvalue weighted by Crippen LogP contribution is 2.31. The number of hydrogen-bond acceptors (Lipinski definition) is 4. The molecule has 1 aromatic carbocycles. The fraction of sp³-hybridized carbons (Fsp3) is 0.588. The van der Waals surface area contributed by atoms with Crippen molar-refractivity contribution in [3.05, 3.63) is 35.6 Å². The first kappa shape index (κ1) is 15.6. The lowest BCUT2D eigenvalue weighted by Crippen LogP contribution is -2.45. The van der Waals surface area contributed by atoms with E-state index < -0.39 is 0 Å². The Morgan fingerprint density at radius 3 is 2.41 bits per heavy atom. The van der Waals surface area contributed by atoms with Gasteiger partial charge in [0.2, 0.25) is 0 Å². The normalized spacial score (nSPS) is 21.3. The molecule has 0 N–H and O–H groups in total. The zero-order valence-corrected chi connectivity index (χ0v) is 12.7. The molecule has 0 atom stereocenters. The second-order valence-corrected chi connectivity index (χ2v) is 5.98. The van der Waals surface area contributed by atoms with E-state index >= 15 is 0 Å². The van der Waals surface area contributed by atoms with Gasteiger partial charge in [-0.15, -0.1) is 0 Å². The zero-order valence-electron chi connectivity index (χ0n) is 12.7. The lowest BCUT2D eigenvalue weighted by Gasteiger charge is -2.37. The minimum atomic E-state index is -0.333. The minimum absolute atomic E-state index is 0.0796. The van der Waals surface area contributed by atoms with E-state index in [0.717, 1.165) is 38.9 Å². The largest absolute Gasteiger partial charge is 0.347 e. The number of likely N-dealkylation sites (tertiary alicyclic amines) is 1. The van der Waals surface area contributed by atoms with E-state index in [0.29, 0.717) is 25.2 Å². The van der Waals surface area contributed by atoms with Crippen molar-refractivity contribution in [2.75, 3.05) is 32.8 Å². The van der Waals surface area contributed by atoms with E-state index in [9.17, 15) is 9.18 Å². The molecule has 2 aliphatic heterocycles. The third-order valence-corrected chi connectivity index (χ3v) is 4.48. The van der Waals surface area contributed by atoms with Crippen molar-refractivity contribution in [3.63, 3.8) is 0 Å². The van der Waals surface area contributed by atoms with Crippen LogP contribution >= 0.6 is 0 Å². The summed E-state index contributed by atoms with van der Waals surface area (Å²) in [6.07, 6.45) is 3.13. The van der Waals surface area contributed by atoms with Gasteiger partial charge in [0.1, 0.15) is 5.82 Å². The molecule has 2 fully saturated rings. The van der Waals surface area contributed by atoms with Gasteiger partial charge in [0.25, 0.3) is 0 Å². The third-order valence-electron chi connectivity index (χ3n) is 4.48. The standard InChI is InChI=1S/C17H22FNO3/c18-15-5-3-14(4-6-15)16(20)2-1-9-19-10-7-17(8-11-19)21-12-13-22-17/h3-6H,1-2,7-13H2. The monoisotopic (exact) mass is 307 g/mol. The first-order valence-corrected chi connectivity index (χ1v) is 7.96. The first-order valence-electron chi connectivity index (χ1n) is 7.96. The highest BCUT2D eigenvalue weighted by atomic mass is 19.1. The Kier molecular flexibility index (Phi) is 4.86. The van der Waals surface area contributed by atoms with Crippen LogP contribution in [0.15, 0.2) is 24.3 Å². The molecule has 4 nitrogen and oxygen atoms in total. The second kappa shape index (κ2) is 6.86. The van der Waals surface area contributed by atoms with Gasteiger partial charge >= 0.3 is 0 Å². The van der Waals surface area contributed by atoms with Crippen LogP contribution in [0.4, 0.5) is 4.39 Å². The highest BCUT2D eigenvalue weighted by Gasteiger charge is 2.39. The first-order chi connectivity index (χ1) is 10.7. The third kappa shape index (κ3) is 3.72. The van der Waals surface area contributed by atoms with E-state index in [4.69, 9.17) is 9.47 Å². The molecule has 1 aromatic rings. The average Bonchev–Trinajstić information content (AvgIpc) is 2.98. The Bertz CT molecular complexity index is 501. The predicted molar refractivity (Wildman–Crippen MR) is 80.3 cm³/mol. The van der Waals surface area contributed by atoms with Gasteiger partial charge in [0.05, 0.1) is 13.2 Å². The van der Waals surface area contributed by atoms with Crippen LogP contribution in [0.1, 0.15) is 36.0 Å². The maximum absolute atomic E-state index is 12.8. The molecule has 0 radical (unpaired) electrons. The summed E-state index contributed by atoms with van der Waals surface area (Å²) < 4.78 is 24.2. The molecule has 0 amide bonds. The van der Waals surface area contributed by atoms with Gasteiger partial charge in [0.15, 0.2) is 11.6 Å². The minimum Gasteiger partial charge on any atom is -0.347 e. The molecule has 2 heterocycles. The Morgan fingerprint density at radius 1 is 1.14 bits per heavy atom. The van der Waals surface area contributed by atoms with Crippen molar-refractivity contribution in [1.29, 1.82) is 0 Å². The lowest BCUT2D eigenvalue weighted by atomic mass is 10.0. The van der Waals surface area contributed by atoms with Gasteiger partial charge < -0.3 is 14.4 Å². The summed E-state index contributed by atoms with van der Waals surface area (Å²) in [5.74, 6) is -0.563. The number of carbonyl (C=O) groups excluding carboxylic acids is 1. The number of Topliss-reactive ketones (excluding diaryl/α,β-unsaturated/α-hetero) is 1. The molecule has 22 heavy (non-hydrogen) atoms. The van der Waals surface area contributed by atoms with Gasteiger partial charge in [-0.25, -0.2) is 4.39 Å². The summed E-state index contributed by atoms with van der Waals surface area (Å²) in [7, 11) is 0. The molecule has 0 aliphatic carbocycles. The van der Waals surface area contributed by atoms with Crippen molar-refractivity contribution in [2.45, 2.75) is 31.5 Å². The summed E-state index contributed by atoms with van der Waals surface area (Å²) in [4.78, 5) is 14.4. The van der Waals surface area contributed by atoms with E-state index in [-0.39, 0.29) is 17.4 Å². The fourth-order valence-electron chi connectivity index (χ4n) is 3.15. The van der Waals surface area contributed by atoms with Crippen LogP contribution in [-0.4, -0.2) is 49.3 Å². The zero-order chi connectivity index (χ0) is 15.4. The van der Waals surface area contributed by atoms with Crippen LogP contribution in [0.5, 0.6) is 0 Å². The Morgan fingerprint density at radius 2 is 1.77 bits per heavy atom. The molecule has 0 saturated carbocycles. The molecule has 2 aliphatic rings. The number of nitrogens with zero attached hydrogens (tertiary/aromatic N) is 1. The molecular formula is C17H22FNO3. The number of hydrogen-bond donors (Lipinski definition) is 0. The molecule has 5 heteroatoms. The highest BCUT2D eigenvalue weighted by molar-refractivity contribution is 5.95. The topological polar surface area (TPSA) is 38.8 Å². The molecule has 0 unspecified atom stereocenters. The smallest absolute Gasteiger partial charge is 0.170 e. The van der Waals surface area contributed by atoms with Crippen LogP contribution in [-0.2, 0) is 9.47 Å². The molecule has 2 saturated heterocycles.